The van der Waals surface area contributed by atoms with Crippen LogP contribution in [0.25, 0.3) is 0 Å². The standard InChI is InChI=1S/C24H23BrN2O2/c1-16-6-4-8-20(14-16)24(29,21-9-5-7-17(2)15-21)23(28)27-26-18(3)19-10-12-22(25)13-11-19/h4-15,29H,1-3H3,(H,27,28). The van der Waals surface area contributed by atoms with Crippen molar-refractivity contribution < 1.29 is 9.90 Å². The highest BCUT2D eigenvalue weighted by atomic mass is 79.9. The van der Waals surface area contributed by atoms with Gasteiger partial charge in [-0.15, -0.1) is 0 Å². The van der Waals surface area contributed by atoms with Crippen molar-refractivity contribution in [3.63, 3.8) is 0 Å². The number of carbonyl (C=O) groups is 1. The van der Waals surface area contributed by atoms with Crippen LogP contribution in [0.3, 0.4) is 0 Å². The molecule has 0 aliphatic carbocycles. The third-order valence-electron chi connectivity index (χ3n) is 4.79. The highest BCUT2D eigenvalue weighted by Gasteiger charge is 2.40. The average Bonchev–Trinajstić information content (AvgIpc) is 2.71. The molecular formula is C24H23BrN2O2. The molecule has 148 valence electrons. The van der Waals surface area contributed by atoms with Gasteiger partial charge in [0, 0.05) is 4.47 Å². The first-order chi connectivity index (χ1) is 13.8. The lowest BCUT2D eigenvalue weighted by Crippen LogP contribution is -2.44. The monoisotopic (exact) mass is 450 g/mol. The number of aryl methyl sites for hydroxylation is 2. The average molecular weight is 451 g/mol. The van der Waals surface area contributed by atoms with Crippen molar-refractivity contribution >= 4 is 27.5 Å². The number of rotatable bonds is 5. The summed E-state index contributed by atoms with van der Waals surface area (Å²) in [6, 6.07) is 22.3. The van der Waals surface area contributed by atoms with Crippen LogP contribution in [-0.4, -0.2) is 16.7 Å². The van der Waals surface area contributed by atoms with E-state index in [2.05, 4.69) is 26.5 Å². The molecule has 0 aliphatic rings. The SMILES string of the molecule is CC(=NNC(=O)C(O)(c1cccc(C)c1)c1cccc(C)c1)c1ccc(Br)cc1. The number of benzene rings is 3. The van der Waals surface area contributed by atoms with Gasteiger partial charge in [0.1, 0.15) is 0 Å². The lowest BCUT2D eigenvalue weighted by Gasteiger charge is -2.28. The second-order valence-corrected chi connectivity index (χ2v) is 8.01. The zero-order valence-electron chi connectivity index (χ0n) is 16.6. The van der Waals surface area contributed by atoms with Gasteiger partial charge in [-0.05, 0) is 49.6 Å². The summed E-state index contributed by atoms with van der Waals surface area (Å²) in [6.07, 6.45) is 0. The van der Waals surface area contributed by atoms with E-state index in [1.165, 1.54) is 0 Å². The summed E-state index contributed by atoms with van der Waals surface area (Å²) >= 11 is 3.40. The number of hydrazone groups is 1. The maximum absolute atomic E-state index is 13.2. The fraction of sp³-hybridized carbons (Fsp3) is 0.167. The largest absolute Gasteiger partial charge is 0.372 e. The molecule has 0 fully saturated rings. The predicted molar refractivity (Wildman–Crippen MR) is 120 cm³/mol. The number of hydrogen-bond acceptors (Lipinski definition) is 3. The molecule has 0 bridgehead atoms. The Hall–Kier alpha value is -2.76. The van der Waals surface area contributed by atoms with Gasteiger partial charge < -0.3 is 5.11 Å². The Labute approximate surface area is 179 Å². The van der Waals surface area contributed by atoms with Crippen LogP contribution in [-0.2, 0) is 10.4 Å². The molecule has 3 rings (SSSR count). The smallest absolute Gasteiger partial charge is 0.281 e. The van der Waals surface area contributed by atoms with E-state index in [1.54, 1.807) is 12.1 Å². The number of nitrogens with one attached hydrogen (secondary N) is 1. The fourth-order valence-electron chi connectivity index (χ4n) is 3.14. The topological polar surface area (TPSA) is 61.7 Å². The van der Waals surface area contributed by atoms with E-state index < -0.39 is 11.5 Å². The van der Waals surface area contributed by atoms with Crippen molar-refractivity contribution in [2.45, 2.75) is 26.4 Å². The highest BCUT2D eigenvalue weighted by molar-refractivity contribution is 9.10. The summed E-state index contributed by atoms with van der Waals surface area (Å²) in [5.41, 5.74) is 5.12. The Morgan fingerprint density at radius 1 is 0.931 bits per heavy atom. The highest BCUT2D eigenvalue weighted by Crippen LogP contribution is 2.31. The van der Waals surface area contributed by atoms with Crippen LogP contribution >= 0.6 is 15.9 Å². The van der Waals surface area contributed by atoms with Gasteiger partial charge in [0.2, 0.25) is 0 Å². The molecule has 0 saturated heterocycles. The Bertz CT molecular complexity index is 1010. The van der Waals surface area contributed by atoms with E-state index >= 15 is 0 Å². The molecule has 0 radical (unpaired) electrons. The summed E-state index contributed by atoms with van der Waals surface area (Å²) in [5.74, 6) is -0.606. The van der Waals surface area contributed by atoms with Crippen molar-refractivity contribution in [2.24, 2.45) is 5.10 Å². The molecule has 3 aromatic carbocycles. The van der Waals surface area contributed by atoms with Crippen LogP contribution in [0, 0.1) is 13.8 Å². The van der Waals surface area contributed by atoms with Crippen LogP contribution in [0.2, 0.25) is 0 Å². The molecule has 0 heterocycles. The molecule has 5 heteroatoms. The lowest BCUT2D eigenvalue weighted by atomic mass is 9.84. The first kappa shape index (κ1) is 21.0. The van der Waals surface area contributed by atoms with E-state index in [1.807, 2.05) is 81.4 Å². The van der Waals surface area contributed by atoms with Gasteiger partial charge in [-0.2, -0.15) is 5.10 Å². The Kier molecular flexibility index (Phi) is 6.30. The second-order valence-electron chi connectivity index (χ2n) is 7.09. The van der Waals surface area contributed by atoms with E-state index in [9.17, 15) is 9.90 Å². The normalized spacial score (nSPS) is 12.0. The van der Waals surface area contributed by atoms with Crippen molar-refractivity contribution in [3.8, 4) is 0 Å². The van der Waals surface area contributed by atoms with E-state index in [0.29, 0.717) is 16.8 Å². The fourth-order valence-corrected chi connectivity index (χ4v) is 3.40. The summed E-state index contributed by atoms with van der Waals surface area (Å²) in [7, 11) is 0. The van der Waals surface area contributed by atoms with Crippen LogP contribution < -0.4 is 5.43 Å². The van der Waals surface area contributed by atoms with Gasteiger partial charge in [-0.1, -0.05) is 87.7 Å². The molecule has 3 aromatic rings. The summed E-state index contributed by atoms with van der Waals surface area (Å²) < 4.78 is 0.964. The van der Waals surface area contributed by atoms with E-state index in [4.69, 9.17) is 0 Å². The minimum absolute atomic E-state index is 0.497. The van der Waals surface area contributed by atoms with Gasteiger partial charge in [-0.3, -0.25) is 4.79 Å². The van der Waals surface area contributed by atoms with Gasteiger partial charge >= 0.3 is 0 Å². The van der Waals surface area contributed by atoms with Gasteiger partial charge in [-0.25, -0.2) is 5.43 Å². The van der Waals surface area contributed by atoms with Gasteiger partial charge in [0.05, 0.1) is 5.71 Å². The lowest BCUT2D eigenvalue weighted by molar-refractivity contribution is -0.136. The summed E-state index contributed by atoms with van der Waals surface area (Å²) in [4.78, 5) is 13.2. The molecule has 0 aliphatic heterocycles. The quantitative estimate of drug-likeness (QED) is 0.431. The number of nitrogens with zero attached hydrogens (tertiary/aromatic N) is 1. The third-order valence-corrected chi connectivity index (χ3v) is 5.32. The molecule has 29 heavy (non-hydrogen) atoms. The molecule has 0 saturated carbocycles. The Morgan fingerprint density at radius 2 is 1.45 bits per heavy atom. The van der Waals surface area contributed by atoms with Crippen molar-refractivity contribution in [1.29, 1.82) is 0 Å². The maximum atomic E-state index is 13.2. The van der Waals surface area contributed by atoms with Crippen LogP contribution in [0.1, 0.15) is 34.7 Å². The Morgan fingerprint density at radius 3 is 1.93 bits per heavy atom. The number of halogens is 1. The molecular weight excluding hydrogens is 428 g/mol. The molecule has 1 amide bonds. The predicted octanol–water partition coefficient (Wildman–Crippen LogP) is 4.84. The molecule has 0 atom stereocenters. The first-order valence-electron chi connectivity index (χ1n) is 9.28. The summed E-state index contributed by atoms with van der Waals surface area (Å²) in [5, 5.41) is 15.8. The maximum Gasteiger partial charge on any atom is 0.281 e. The number of hydrogen-bond donors (Lipinski definition) is 2. The van der Waals surface area contributed by atoms with Gasteiger partial charge in [0.25, 0.3) is 5.91 Å². The zero-order chi connectivity index (χ0) is 21.0. The van der Waals surface area contributed by atoms with Crippen LogP contribution in [0.15, 0.2) is 82.4 Å². The molecule has 4 nitrogen and oxygen atoms in total. The van der Waals surface area contributed by atoms with Gasteiger partial charge in [0.15, 0.2) is 5.60 Å². The molecule has 2 N–H and O–H groups in total. The van der Waals surface area contributed by atoms with E-state index in [0.717, 1.165) is 21.2 Å². The molecule has 0 aromatic heterocycles. The summed E-state index contributed by atoms with van der Waals surface area (Å²) in [6.45, 7) is 5.66. The third kappa shape index (κ3) is 4.63. The van der Waals surface area contributed by atoms with E-state index in [-0.39, 0.29) is 0 Å². The molecule has 0 spiro atoms. The first-order valence-corrected chi connectivity index (χ1v) is 10.1. The Balaban J connectivity index is 1.99. The number of aliphatic hydroxyl groups is 1. The zero-order valence-corrected chi connectivity index (χ0v) is 18.2. The number of amides is 1. The van der Waals surface area contributed by atoms with Crippen molar-refractivity contribution in [1.82, 2.24) is 5.43 Å². The van der Waals surface area contributed by atoms with Crippen LogP contribution in [0.4, 0.5) is 0 Å². The van der Waals surface area contributed by atoms with Crippen molar-refractivity contribution in [2.75, 3.05) is 0 Å². The molecule has 0 unspecified atom stereocenters. The minimum Gasteiger partial charge on any atom is -0.372 e. The van der Waals surface area contributed by atoms with Crippen molar-refractivity contribution in [3.05, 3.63) is 105 Å². The number of carbonyl (C=O) groups excluding carboxylic acids is 1. The second kappa shape index (κ2) is 8.72. The minimum atomic E-state index is -1.86. The van der Waals surface area contributed by atoms with Crippen LogP contribution in [0.5, 0.6) is 0 Å².